The van der Waals surface area contributed by atoms with Crippen LogP contribution in [0.4, 0.5) is 5.69 Å². The van der Waals surface area contributed by atoms with Crippen LogP contribution in [0.5, 0.6) is 5.75 Å². The van der Waals surface area contributed by atoms with Gasteiger partial charge < -0.3 is 20.5 Å². The number of aromatic amines is 1. The highest BCUT2D eigenvalue weighted by atomic mass is 16.5. The Hall–Kier alpha value is -3.49. The van der Waals surface area contributed by atoms with Crippen molar-refractivity contribution in [2.45, 2.75) is 0 Å². The smallest absolute Gasteiger partial charge is 0.238 e. The Bertz CT molecular complexity index is 1070. The van der Waals surface area contributed by atoms with Gasteiger partial charge in [0, 0.05) is 17.7 Å². The molecule has 0 radical (unpaired) electrons. The van der Waals surface area contributed by atoms with Crippen LogP contribution >= 0.6 is 0 Å². The molecule has 4 rings (SSSR count). The first-order valence-corrected chi connectivity index (χ1v) is 9.16. The number of aliphatic hydroxyl groups is 1. The number of ether oxygens (including phenoxy) is 1. The molecule has 0 saturated heterocycles. The molecule has 148 valence electrons. The number of carbonyl (C=O) groups is 2. The van der Waals surface area contributed by atoms with Gasteiger partial charge in [-0.3, -0.25) is 14.7 Å². The van der Waals surface area contributed by atoms with E-state index in [2.05, 4.69) is 20.8 Å². The number of amides is 1. The Morgan fingerprint density at radius 3 is 2.69 bits per heavy atom. The topological polar surface area (TPSA) is 116 Å². The summed E-state index contributed by atoms with van der Waals surface area (Å²) in [5, 5.41) is 21.7. The van der Waals surface area contributed by atoms with Gasteiger partial charge in [-0.25, -0.2) is 0 Å². The van der Waals surface area contributed by atoms with Crippen LogP contribution in [0.1, 0.15) is 15.9 Å². The molecule has 0 aliphatic heterocycles. The third kappa shape index (κ3) is 3.39. The molecule has 0 saturated carbocycles. The highest BCUT2D eigenvalue weighted by molar-refractivity contribution is 6.27. The second-order valence-corrected chi connectivity index (χ2v) is 6.56. The highest BCUT2D eigenvalue weighted by Gasteiger charge is 2.35. The van der Waals surface area contributed by atoms with Gasteiger partial charge in [0.05, 0.1) is 42.8 Å². The zero-order valence-corrected chi connectivity index (χ0v) is 15.8. The van der Waals surface area contributed by atoms with E-state index < -0.39 is 0 Å². The van der Waals surface area contributed by atoms with Crippen LogP contribution in [0.2, 0.25) is 0 Å². The number of nitrogens with one attached hydrogen (secondary N) is 3. The van der Waals surface area contributed by atoms with E-state index in [0.29, 0.717) is 40.3 Å². The maximum Gasteiger partial charge on any atom is 0.238 e. The Morgan fingerprint density at radius 1 is 1.17 bits per heavy atom. The molecule has 0 atom stereocenters. The minimum atomic E-state index is -0.291. The number of hydrogen-bond donors (Lipinski definition) is 4. The average Bonchev–Trinajstić information content (AvgIpc) is 3.29. The summed E-state index contributed by atoms with van der Waals surface area (Å²) in [5.74, 6) is 0.245. The molecule has 4 N–H and O–H groups in total. The molecule has 1 amide bonds. The predicted octanol–water partition coefficient (Wildman–Crippen LogP) is 1.82. The van der Waals surface area contributed by atoms with Crippen LogP contribution in [0.3, 0.4) is 0 Å². The van der Waals surface area contributed by atoms with Gasteiger partial charge >= 0.3 is 0 Å². The maximum atomic E-state index is 13.2. The molecule has 8 nitrogen and oxygen atoms in total. The Balaban J connectivity index is 1.66. The minimum Gasteiger partial charge on any atom is -0.497 e. The first kappa shape index (κ1) is 18.9. The summed E-state index contributed by atoms with van der Waals surface area (Å²) in [6.07, 6.45) is 0. The summed E-state index contributed by atoms with van der Waals surface area (Å²) >= 11 is 0. The van der Waals surface area contributed by atoms with Crippen LogP contribution in [0.25, 0.3) is 22.5 Å². The fraction of sp³-hybridized carbons (Fsp3) is 0.190. The first-order chi connectivity index (χ1) is 14.1. The number of fused-ring (bicyclic) bond motifs is 3. The van der Waals surface area contributed by atoms with Gasteiger partial charge in [-0.1, -0.05) is 12.1 Å². The molecule has 0 spiro atoms. The van der Waals surface area contributed by atoms with Crippen molar-refractivity contribution in [1.29, 1.82) is 0 Å². The Morgan fingerprint density at radius 2 is 1.97 bits per heavy atom. The summed E-state index contributed by atoms with van der Waals surface area (Å²) in [6.45, 7) is 0.308. The fourth-order valence-corrected chi connectivity index (χ4v) is 3.42. The van der Waals surface area contributed by atoms with Gasteiger partial charge in [0.1, 0.15) is 11.4 Å². The second-order valence-electron chi connectivity index (χ2n) is 6.56. The Labute approximate surface area is 166 Å². The fourth-order valence-electron chi connectivity index (χ4n) is 3.42. The van der Waals surface area contributed by atoms with Gasteiger partial charge in [-0.15, -0.1) is 0 Å². The van der Waals surface area contributed by atoms with Crippen LogP contribution in [0, 0.1) is 0 Å². The molecule has 3 aromatic rings. The van der Waals surface area contributed by atoms with E-state index in [4.69, 9.17) is 9.84 Å². The number of nitrogens with zero attached hydrogens (tertiary/aromatic N) is 1. The van der Waals surface area contributed by atoms with E-state index >= 15 is 0 Å². The quantitative estimate of drug-likeness (QED) is 0.357. The molecule has 0 fully saturated rings. The third-order valence-electron chi connectivity index (χ3n) is 4.77. The Kier molecular flexibility index (Phi) is 5.11. The predicted molar refractivity (Wildman–Crippen MR) is 108 cm³/mol. The lowest BCUT2D eigenvalue weighted by molar-refractivity contribution is -0.115. The molecule has 1 aromatic heterocycles. The van der Waals surface area contributed by atoms with Crippen molar-refractivity contribution in [3.8, 4) is 28.3 Å². The molecule has 0 bridgehead atoms. The van der Waals surface area contributed by atoms with Crippen molar-refractivity contribution in [3.05, 3.63) is 53.6 Å². The van der Waals surface area contributed by atoms with Crippen molar-refractivity contribution in [2.24, 2.45) is 0 Å². The third-order valence-corrected chi connectivity index (χ3v) is 4.77. The van der Waals surface area contributed by atoms with Crippen molar-refractivity contribution in [1.82, 2.24) is 15.5 Å². The number of rotatable bonds is 7. The number of aromatic nitrogens is 2. The summed E-state index contributed by atoms with van der Waals surface area (Å²) in [6, 6.07) is 12.7. The monoisotopic (exact) mass is 392 g/mol. The first-order valence-electron chi connectivity index (χ1n) is 9.16. The highest BCUT2D eigenvalue weighted by Crippen LogP contribution is 2.42. The lowest BCUT2D eigenvalue weighted by Crippen LogP contribution is -2.30. The molecule has 1 heterocycles. The summed E-state index contributed by atoms with van der Waals surface area (Å²) in [7, 11) is 1.60. The largest absolute Gasteiger partial charge is 0.497 e. The molecular weight excluding hydrogens is 372 g/mol. The van der Waals surface area contributed by atoms with E-state index in [1.165, 1.54) is 0 Å². The number of hydrogen-bond acceptors (Lipinski definition) is 6. The number of carbonyl (C=O) groups excluding carboxylic acids is 2. The van der Waals surface area contributed by atoms with Crippen LogP contribution in [-0.4, -0.2) is 53.8 Å². The SMILES string of the molecule is COc1ccc(-c2[nH]nc3c2C(=O)c2c(NC(=O)CNCCO)cccc2-3)cc1. The number of aliphatic hydroxyl groups excluding tert-OH is 1. The standard InChI is InChI=1S/C21H20N4O4/c1-29-13-7-5-12(6-8-13)19-18-20(25-24-19)14-3-2-4-15(17(14)21(18)28)23-16(27)11-22-9-10-26/h2-8,22,26H,9-11H2,1H3,(H,23,27)(H,24,25). The van der Waals surface area contributed by atoms with Crippen LogP contribution in [0.15, 0.2) is 42.5 Å². The molecule has 1 aliphatic carbocycles. The zero-order valence-electron chi connectivity index (χ0n) is 15.8. The summed E-state index contributed by atoms with van der Waals surface area (Å²) in [5.41, 5.74) is 4.08. The molecule has 29 heavy (non-hydrogen) atoms. The van der Waals surface area contributed by atoms with Crippen molar-refractivity contribution in [2.75, 3.05) is 32.1 Å². The van der Waals surface area contributed by atoms with Gasteiger partial charge in [0.25, 0.3) is 0 Å². The lowest BCUT2D eigenvalue weighted by Gasteiger charge is -2.10. The number of anilines is 1. The summed E-state index contributed by atoms with van der Waals surface area (Å²) < 4.78 is 5.19. The van der Waals surface area contributed by atoms with Crippen LogP contribution in [-0.2, 0) is 4.79 Å². The van der Waals surface area contributed by atoms with Gasteiger partial charge in [0.15, 0.2) is 5.78 Å². The number of H-pyrrole nitrogens is 1. The van der Waals surface area contributed by atoms with Gasteiger partial charge in [-0.2, -0.15) is 5.10 Å². The van der Waals surface area contributed by atoms with E-state index in [1.54, 1.807) is 19.2 Å². The second kappa shape index (κ2) is 7.86. The zero-order chi connectivity index (χ0) is 20.4. The van der Waals surface area contributed by atoms with Crippen LogP contribution < -0.4 is 15.4 Å². The van der Waals surface area contributed by atoms with Gasteiger partial charge in [0.2, 0.25) is 5.91 Å². The van der Waals surface area contributed by atoms with Crippen molar-refractivity contribution >= 4 is 17.4 Å². The molecule has 2 aromatic carbocycles. The van der Waals surface area contributed by atoms with E-state index in [1.807, 2.05) is 30.3 Å². The molecule has 1 aliphatic rings. The molecule has 0 unspecified atom stereocenters. The number of benzene rings is 2. The lowest BCUT2D eigenvalue weighted by atomic mass is 10.0. The number of ketones is 1. The minimum absolute atomic E-state index is 0.0424. The normalized spacial score (nSPS) is 11.9. The van der Waals surface area contributed by atoms with E-state index in [9.17, 15) is 9.59 Å². The van der Waals surface area contributed by atoms with Crippen molar-refractivity contribution in [3.63, 3.8) is 0 Å². The van der Waals surface area contributed by atoms with Crippen molar-refractivity contribution < 1.29 is 19.4 Å². The number of methoxy groups -OCH3 is 1. The maximum absolute atomic E-state index is 13.2. The summed E-state index contributed by atoms with van der Waals surface area (Å²) in [4.78, 5) is 25.4. The van der Waals surface area contributed by atoms with Gasteiger partial charge in [-0.05, 0) is 30.3 Å². The molecular formula is C21H20N4O4. The van der Waals surface area contributed by atoms with E-state index in [0.717, 1.165) is 11.3 Å². The van der Waals surface area contributed by atoms with E-state index in [-0.39, 0.29) is 24.8 Å². The molecule has 8 heteroatoms. The average molecular weight is 392 g/mol.